The van der Waals surface area contributed by atoms with Crippen molar-refractivity contribution in [1.82, 2.24) is 15.3 Å². The number of piperidine rings is 1. The fraction of sp³-hybridized carbons (Fsp3) is 0.417. The minimum Gasteiger partial charge on any atom is -0.341 e. The van der Waals surface area contributed by atoms with Gasteiger partial charge < -0.3 is 10.3 Å². The van der Waals surface area contributed by atoms with E-state index in [1.54, 1.807) is 0 Å². The average molecular weight is 236 g/mol. The number of aromatic amines is 1. The summed E-state index contributed by atoms with van der Waals surface area (Å²) in [5.74, 6) is 1.04. The van der Waals surface area contributed by atoms with Gasteiger partial charge in [-0.2, -0.15) is 0 Å². The molecule has 2 aromatic rings. The second-order valence-electron chi connectivity index (χ2n) is 4.29. The molecule has 0 radical (unpaired) electrons. The quantitative estimate of drug-likeness (QED) is 0.798. The lowest BCUT2D eigenvalue weighted by Crippen LogP contribution is -2.27. The van der Waals surface area contributed by atoms with Crippen LogP contribution < -0.4 is 5.32 Å². The summed E-state index contributed by atoms with van der Waals surface area (Å²) in [6, 6.07) is 6.14. The van der Waals surface area contributed by atoms with Crippen LogP contribution in [0.3, 0.4) is 0 Å². The van der Waals surface area contributed by atoms with E-state index in [-0.39, 0.29) is 0 Å². The summed E-state index contributed by atoms with van der Waals surface area (Å²) in [5, 5.41) is 4.23. The van der Waals surface area contributed by atoms with Crippen LogP contribution >= 0.6 is 11.6 Å². The second-order valence-corrected chi connectivity index (χ2v) is 4.72. The van der Waals surface area contributed by atoms with Gasteiger partial charge in [0, 0.05) is 5.02 Å². The number of benzene rings is 1. The Morgan fingerprint density at radius 1 is 1.31 bits per heavy atom. The first-order valence-electron chi connectivity index (χ1n) is 5.71. The van der Waals surface area contributed by atoms with E-state index in [9.17, 15) is 0 Å². The molecule has 1 aromatic carbocycles. The monoisotopic (exact) mass is 235 g/mol. The van der Waals surface area contributed by atoms with Crippen LogP contribution in [0.1, 0.15) is 31.1 Å². The molecule has 3 rings (SSSR count). The Kier molecular flexibility index (Phi) is 2.58. The van der Waals surface area contributed by atoms with Crippen LogP contribution in [-0.4, -0.2) is 16.5 Å². The Morgan fingerprint density at radius 3 is 3.06 bits per heavy atom. The SMILES string of the molecule is Clc1ccc2nc([C@@H]3CCCCN3)[nH]c2c1. The van der Waals surface area contributed by atoms with Crippen molar-refractivity contribution in [3.05, 3.63) is 29.0 Å². The highest BCUT2D eigenvalue weighted by atomic mass is 35.5. The average Bonchev–Trinajstić information content (AvgIpc) is 2.73. The molecule has 2 heterocycles. The van der Waals surface area contributed by atoms with Crippen molar-refractivity contribution in [3.63, 3.8) is 0 Å². The summed E-state index contributed by atoms with van der Waals surface area (Å²) < 4.78 is 0. The van der Waals surface area contributed by atoms with Gasteiger partial charge in [0.2, 0.25) is 0 Å². The molecule has 0 aliphatic carbocycles. The third-order valence-electron chi connectivity index (χ3n) is 3.10. The van der Waals surface area contributed by atoms with E-state index >= 15 is 0 Å². The van der Waals surface area contributed by atoms with Crippen molar-refractivity contribution >= 4 is 22.6 Å². The lowest BCUT2D eigenvalue weighted by atomic mass is 10.0. The largest absolute Gasteiger partial charge is 0.341 e. The minimum atomic E-state index is 0.375. The van der Waals surface area contributed by atoms with Gasteiger partial charge in [0.1, 0.15) is 5.82 Å². The molecule has 4 heteroatoms. The van der Waals surface area contributed by atoms with Crippen molar-refractivity contribution in [2.75, 3.05) is 6.54 Å². The molecule has 3 nitrogen and oxygen atoms in total. The van der Waals surface area contributed by atoms with E-state index in [4.69, 9.17) is 11.6 Å². The Hall–Kier alpha value is -1.06. The van der Waals surface area contributed by atoms with Gasteiger partial charge in [-0.1, -0.05) is 18.0 Å². The molecule has 84 valence electrons. The number of hydrogen-bond donors (Lipinski definition) is 2. The third-order valence-corrected chi connectivity index (χ3v) is 3.34. The molecule has 1 fully saturated rings. The Morgan fingerprint density at radius 2 is 2.25 bits per heavy atom. The molecular formula is C12H14ClN3. The predicted octanol–water partition coefficient (Wildman–Crippen LogP) is 3.03. The van der Waals surface area contributed by atoms with Gasteiger partial charge in [0.15, 0.2) is 0 Å². The molecule has 0 saturated carbocycles. The van der Waals surface area contributed by atoms with Gasteiger partial charge in [0.25, 0.3) is 0 Å². The number of imidazole rings is 1. The van der Waals surface area contributed by atoms with Crippen LogP contribution in [0.5, 0.6) is 0 Å². The molecule has 1 aliphatic rings. The zero-order valence-corrected chi connectivity index (χ0v) is 9.72. The Labute approximate surface area is 99.2 Å². The lowest BCUT2D eigenvalue weighted by Gasteiger charge is -2.21. The fourth-order valence-corrected chi connectivity index (χ4v) is 2.42. The van der Waals surface area contributed by atoms with E-state index in [0.717, 1.165) is 34.8 Å². The summed E-state index contributed by atoms with van der Waals surface area (Å²) in [7, 11) is 0. The molecule has 1 aromatic heterocycles. The van der Waals surface area contributed by atoms with Gasteiger partial charge in [0.05, 0.1) is 17.1 Å². The maximum absolute atomic E-state index is 5.95. The van der Waals surface area contributed by atoms with Gasteiger partial charge in [-0.05, 0) is 37.6 Å². The first-order valence-corrected chi connectivity index (χ1v) is 6.09. The van der Waals surface area contributed by atoms with Crippen molar-refractivity contribution in [2.45, 2.75) is 25.3 Å². The highest BCUT2D eigenvalue weighted by Gasteiger charge is 2.17. The van der Waals surface area contributed by atoms with Crippen LogP contribution in [-0.2, 0) is 0 Å². The van der Waals surface area contributed by atoms with Crippen LogP contribution in [0.4, 0.5) is 0 Å². The summed E-state index contributed by atoms with van der Waals surface area (Å²) in [6.45, 7) is 1.09. The normalized spacial score (nSPS) is 21.4. The number of aromatic nitrogens is 2. The molecule has 2 N–H and O–H groups in total. The van der Waals surface area contributed by atoms with E-state index < -0.39 is 0 Å². The molecule has 0 unspecified atom stereocenters. The van der Waals surface area contributed by atoms with Crippen molar-refractivity contribution in [3.8, 4) is 0 Å². The number of nitrogens with one attached hydrogen (secondary N) is 2. The zero-order chi connectivity index (χ0) is 11.0. The topological polar surface area (TPSA) is 40.7 Å². The number of hydrogen-bond acceptors (Lipinski definition) is 2. The third kappa shape index (κ3) is 1.81. The second kappa shape index (κ2) is 4.07. The van der Waals surface area contributed by atoms with E-state index in [0.29, 0.717) is 6.04 Å². The van der Waals surface area contributed by atoms with Crippen LogP contribution in [0.25, 0.3) is 11.0 Å². The van der Waals surface area contributed by atoms with Crippen molar-refractivity contribution in [2.24, 2.45) is 0 Å². The molecule has 1 atom stereocenters. The first kappa shape index (κ1) is 10.1. The van der Waals surface area contributed by atoms with Crippen LogP contribution in [0.15, 0.2) is 18.2 Å². The fourth-order valence-electron chi connectivity index (χ4n) is 2.25. The molecule has 1 aliphatic heterocycles. The molecule has 0 bridgehead atoms. The van der Waals surface area contributed by atoms with Crippen LogP contribution in [0, 0.1) is 0 Å². The van der Waals surface area contributed by atoms with E-state index in [2.05, 4.69) is 15.3 Å². The zero-order valence-electron chi connectivity index (χ0n) is 8.96. The number of halogens is 1. The number of H-pyrrole nitrogens is 1. The maximum Gasteiger partial charge on any atom is 0.124 e. The van der Waals surface area contributed by atoms with Crippen molar-refractivity contribution in [1.29, 1.82) is 0 Å². The van der Waals surface area contributed by atoms with Gasteiger partial charge >= 0.3 is 0 Å². The molecular weight excluding hydrogens is 222 g/mol. The summed E-state index contributed by atoms with van der Waals surface area (Å²) in [5.41, 5.74) is 2.02. The Bertz CT molecular complexity index is 500. The smallest absolute Gasteiger partial charge is 0.124 e. The molecule has 0 amide bonds. The minimum absolute atomic E-state index is 0.375. The lowest BCUT2D eigenvalue weighted by molar-refractivity contribution is 0.400. The number of rotatable bonds is 1. The summed E-state index contributed by atoms with van der Waals surface area (Å²) in [4.78, 5) is 7.95. The first-order chi connectivity index (χ1) is 7.83. The highest BCUT2D eigenvalue weighted by molar-refractivity contribution is 6.31. The van der Waals surface area contributed by atoms with Gasteiger partial charge in [-0.15, -0.1) is 0 Å². The maximum atomic E-state index is 5.95. The van der Waals surface area contributed by atoms with E-state index in [1.165, 1.54) is 12.8 Å². The van der Waals surface area contributed by atoms with E-state index in [1.807, 2.05) is 18.2 Å². The molecule has 1 saturated heterocycles. The standard InChI is InChI=1S/C12H14ClN3/c13-8-4-5-9-11(7-8)16-12(15-9)10-3-1-2-6-14-10/h4-5,7,10,14H,1-3,6H2,(H,15,16)/t10-/m0/s1. The summed E-state index contributed by atoms with van der Waals surface area (Å²) in [6.07, 6.45) is 3.70. The molecule has 16 heavy (non-hydrogen) atoms. The molecule has 0 spiro atoms. The number of nitrogens with zero attached hydrogens (tertiary/aromatic N) is 1. The number of fused-ring (bicyclic) bond motifs is 1. The van der Waals surface area contributed by atoms with Crippen molar-refractivity contribution < 1.29 is 0 Å². The predicted molar refractivity (Wildman–Crippen MR) is 65.7 cm³/mol. The van der Waals surface area contributed by atoms with Gasteiger partial charge in [-0.3, -0.25) is 0 Å². The highest BCUT2D eigenvalue weighted by Crippen LogP contribution is 2.24. The summed E-state index contributed by atoms with van der Waals surface area (Å²) >= 11 is 5.95. The van der Waals surface area contributed by atoms with Crippen LogP contribution in [0.2, 0.25) is 5.02 Å². The van der Waals surface area contributed by atoms with Gasteiger partial charge in [-0.25, -0.2) is 4.98 Å². The Balaban J connectivity index is 1.97.